The van der Waals surface area contributed by atoms with Crippen molar-refractivity contribution in [1.82, 2.24) is 0 Å². The van der Waals surface area contributed by atoms with Crippen LogP contribution in [0.3, 0.4) is 0 Å². The molecule has 66 heavy (non-hydrogen) atoms. The first-order chi connectivity index (χ1) is 30.9. The smallest absolute Gasteiger partial charge is 1.00 e. The molecule has 0 saturated heterocycles. The summed E-state index contributed by atoms with van der Waals surface area (Å²) < 4.78 is 21.0. The van der Waals surface area contributed by atoms with E-state index in [0.717, 1.165) is 79.2 Å². The van der Waals surface area contributed by atoms with Crippen molar-refractivity contribution in [3.8, 4) is 23.6 Å². The zero-order chi connectivity index (χ0) is 48.8. The second-order valence-electron chi connectivity index (χ2n) is 18.7. The van der Waals surface area contributed by atoms with Crippen LogP contribution in [0.15, 0.2) is 83.5 Å². The van der Waals surface area contributed by atoms with Gasteiger partial charge in [0.2, 0.25) is 0 Å². The largest absolute Gasteiger partial charge is 1.00 e. The van der Waals surface area contributed by atoms with E-state index in [1.807, 2.05) is 0 Å². The molecule has 0 saturated carbocycles. The number of hydrogen-bond donors (Lipinski definition) is 0. The summed E-state index contributed by atoms with van der Waals surface area (Å²) >= 11 is 0. The van der Waals surface area contributed by atoms with E-state index in [9.17, 15) is 9.36 Å². The Balaban J connectivity index is 0. The van der Waals surface area contributed by atoms with Crippen molar-refractivity contribution in [3.63, 3.8) is 0 Å². The van der Waals surface area contributed by atoms with Crippen LogP contribution in [0.1, 0.15) is 152 Å². The van der Waals surface area contributed by atoms with Crippen molar-refractivity contribution in [2.75, 3.05) is 63.5 Å². The number of nitrogens with zero attached hydrogens (tertiary/aromatic N) is 4. The fourth-order valence-corrected chi connectivity index (χ4v) is 7.89. The van der Waals surface area contributed by atoms with Gasteiger partial charge in [-0.1, -0.05) is 116 Å². The number of benzene rings is 2. The average Bonchev–Trinajstić information content (AvgIpc) is 3.24. The molecular formula is C56H85N4NaO4P+. The molecule has 0 N–H and O–H groups in total. The van der Waals surface area contributed by atoms with Crippen molar-refractivity contribution in [3.05, 3.63) is 94.6 Å². The predicted molar refractivity (Wildman–Crippen MR) is 281 cm³/mol. The molecule has 2 aromatic carbocycles. The normalized spacial score (nSPS) is 15.2. The summed E-state index contributed by atoms with van der Waals surface area (Å²) in [5, 5.41) is 16.4. The number of nitriles is 2. The first-order valence-electron chi connectivity index (χ1n) is 23.9. The van der Waals surface area contributed by atoms with Gasteiger partial charge in [-0.05, 0) is 103 Å². The fraction of sp³-hybridized carbons (Fsp3) is 0.554. The maximum atomic E-state index is 12.0. The van der Waals surface area contributed by atoms with E-state index in [1.54, 1.807) is 45.8 Å². The molecular weight excluding hydrogens is 847 g/mol. The minimum atomic E-state index is -0.870. The number of hydrogen-bond acceptors (Lipinski definition) is 8. The van der Waals surface area contributed by atoms with Gasteiger partial charge in [0.1, 0.15) is 24.8 Å². The summed E-state index contributed by atoms with van der Waals surface area (Å²) in [6.07, 6.45) is 27.2. The number of allylic oxidation sites excluding steroid dienone is 8. The first kappa shape index (κ1) is 62.1. The van der Waals surface area contributed by atoms with Crippen molar-refractivity contribution >= 4 is 37.1 Å². The van der Waals surface area contributed by atoms with E-state index in [0.29, 0.717) is 6.42 Å². The number of carbonyl (C=O) groups excluding carboxylic acids is 1. The zero-order valence-electron chi connectivity index (χ0n) is 44.7. The number of ketones is 1. The maximum Gasteiger partial charge on any atom is 1.00 e. The van der Waals surface area contributed by atoms with Gasteiger partial charge >= 0.3 is 37.4 Å². The Hall–Kier alpha value is -3.91. The summed E-state index contributed by atoms with van der Waals surface area (Å²) in [6.45, 7) is 26.9. The molecule has 0 heterocycles. The van der Waals surface area contributed by atoms with E-state index in [4.69, 9.17) is 20.0 Å². The van der Waals surface area contributed by atoms with Gasteiger partial charge in [-0.3, -0.25) is 4.79 Å². The van der Waals surface area contributed by atoms with Crippen LogP contribution >= 0.6 is 7.80 Å². The van der Waals surface area contributed by atoms with E-state index >= 15 is 0 Å². The quantitative estimate of drug-likeness (QED) is 0.0734. The molecule has 8 nitrogen and oxygen atoms in total. The van der Waals surface area contributed by atoms with Crippen LogP contribution in [0, 0.1) is 33.5 Å². The van der Waals surface area contributed by atoms with Crippen LogP contribution in [0.4, 0.5) is 11.4 Å². The van der Waals surface area contributed by atoms with Gasteiger partial charge in [-0.25, -0.2) is 0 Å². The molecule has 2 aliphatic carbocycles. The Kier molecular flexibility index (Phi) is 32.4. The predicted octanol–water partition coefficient (Wildman–Crippen LogP) is 12.5. The Morgan fingerprint density at radius 3 is 1.36 bits per heavy atom. The van der Waals surface area contributed by atoms with Crippen molar-refractivity contribution < 1.29 is 49.8 Å². The standard InChI is InChI=1S/C27H38N2O.C25H37NO2.C2H3N.C2H6OP.Na.H/c1-6-8-16-29(17-9-7-2)25-13-12-24(26(19-25)30-5)11-10-22-18-23(14-15-28)21-27(3,4)20-22;1-6-8-14-26(15-9-7-2)22-13-12-21(24(17-22)28-5)11-10-20-16-23(27)19-25(3,4)18-20;1-2-3;1-4(2)3;;/h10-14,18-19H,6-9,16-17,20-21H2,1-5H3;10-13,16-17H,6-9,14-15,18-19H2,1-5H3;1H3;1-2H3;;/q;;;2*+1;-1/b11-10+,23-14?;11-10+;;;;. The maximum absolute atomic E-state index is 12.0. The third-order valence-electron chi connectivity index (χ3n) is 10.9. The molecule has 4 rings (SSSR count). The van der Waals surface area contributed by atoms with Gasteiger partial charge in [0.05, 0.1) is 26.4 Å². The molecule has 0 unspecified atom stereocenters. The molecule has 358 valence electrons. The number of carbonyl (C=O) groups is 1. The molecule has 0 fully saturated rings. The molecule has 0 aromatic heterocycles. The van der Waals surface area contributed by atoms with Crippen LogP contribution in [-0.4, -0.2) is 59.5 Å². The molecule has 0 bridgehead atoms. The number of rotatable bonds is 20. The molecule has 0 radical (unpaired) electrons. The van der Waals surface area contributed by atoms with Gasteiger partial charge in [0.25, 0.3) is 0 Å². The van der Waals surface area contributed by atoms with E-state index in [1.165, 1.54) is 75.2 Å². The first-order valence-corrected chi connectivity index (χ1v) is 26.0. The number of anilines is 2. The summed E-state index contributed by atoms with van der Waals surface area (Å²) in [7, 11) is 2.60. The fourth-order valence-electron chi connectivity index (χ4n) is 7.89. The molecule has 2 aromatic rings. The molecule has 0 aliphatic heterocycles. The van der Waals surface area contributed by atoms with Crippen LogP contribution in [0.25, 0.3) is 12.2 Å². The minimum Gasteiger partial charge on any atom is -1.00 e. The minimum absolute atomic E-state index is 0. The second kappa shape index (κ2) is 34.4. The van der Waals surface area contributed by atoms with Crippen molar-refractivity contribution in [2.45, 2.75) is 139 Å². The van der Waals surface area contributed by atoms with Crippen LogP contribution in [0.5, 0.6) is 11.5 Å². The van der Waals surface area contributed by atoms with Gasteiger partial charge in [-0.2, -0.15) is 10.5 Å². The number of methoxy groups -OCH3 is 2. The molecule has 10 heteroatoms. The Bertz CT molecular complexity index is 2000. The van der Waals surface area contributed by atoms with Crippen LogP contribution in [-0.2, 0) is 9.36 Å². The molecule has 2 aliphatic rings. The monoisotopic (exact) mass is 932 g/mol. The summed E-state index contributed by atoms with van der Waals surface area (Å²) in [4.78, 5) is 16.9. The van der Waals surface area contributed by atoms with Gasteiger partial charge in [-0.15, -0.1) is 0 Å². The van der Waals surface area contributed by atoms with E-state index in [2.05, 4.69) is 138 Å². The SMILES string of the molecule is CC#N.CCCCN(CCCC)c1ccc(/C=C/C2=CC(=CC#N)CC(C)(C)C2)c(OC)c1.CCCCN(CCCC)c1ccc(/C=C/C2=CC(=O)CC(C)(C)C2)c(OC)c1.C[P+](C)=O.[H-].[Na+]. The van der Waals surface area contributed by atoms with E-state index in [-0.39, 0.29) is 47.6 Å². The Labute approximate surface area is 426 Å². The van der Waals surface area contributed by atoms with Gasteiger partial charge in [0, 0.05) is 80.2 Å². The number of unbranched alkanes of at least 4 members (excludes halogenated alkanes) is 4. The Morgan fingerprint density at radius 2 is 1.03 bits per heavy atom. The molecule has 0 amide bonds. The Morgan fingerprint density at radius 1 is 0.667 bits per heavy atom. The van der Waals surface area contributed by atoms with Crippen molar-refractivity contribution in [2.24, 2.45) is 10.8 Å². The van der Waals surface area contributed by atoms with E-state index < -0.39 is 7.80 Å². The summed E-state index contributed by atoms with van der Waals surface area (Å²) in [5.74, 6) is 2.01. The third-order valence-corrected chi connectivity index (χ3v) is 10.9. The zero-order valence-corrected chi connectivity index (χ0v) is 46.6. The van der Waals surface area contributed by atoms with Gasteiger partial charge in [0.15, 0.2) is 5.78 Å². The van der Waals surface area contributed by atoms with Crippen molar-refractivity contribution in [1.29, 1.82) is 10.5 Å². The number of ether oxygens (including phenoxy) is 2. The molecule has 0 atom stereocenters. The van der Waals surface area contributed by atoms with Gasteiger partial charge < -0.3 is 20.7 Å². The average molecular weight is 932 g/mol. The van der Waals surface area contributed by atoms with Crippen LogP contribution < -0.4 is 48.8 Å². The van der Waals surface area contributed by atoms with Crippen LogP contribution in [0.2, 0.25) is 0 Å². The summed E-state index contributed by atoms with van der Waals surface area (Å²) in [5.41, 5.74) is 8.27. The topological polar surface area (TPSA) is 107 Å². The second-order valence-corrected chi connectivity index (χ2v) is 20.4. The third kappa shape index (κ3) is 25.3. The molecule has 0 spiro atoms. The summed E-state index contributed by atoms with van der Waals surface area (Å²) in [6, 6.07) is 17.0.